The van der Waals surface area contributed by atoms with Crippen molar-refractivity contribution in [2.24, 2.45) is 0 Å². The van der Waals surface area contributed by atoms with E-state index in [1.54, 1.807) is 0 Å². The first-order valence-electron chi connectivity index (χ1n) is 6.72. The molecule has 20 heavy (non-hydrogen) atoms. The van der Waals surface area contributed by atoms with Crippen LogP contribution in [0.3, 0.4) is 0 Å². The molecule has 0 radical (unpaired) electrons. The predicted molar refractivity (Wildman–Crippen MR) is 73.9 cm³/mol. The SMILES string of the molecule is Cc1ccc(C(CNC(C)C)COCC(F)(F)F)cc1. The molecule has 0 bridgehead atoms. The van der Waals surface area contributed by atoms with E-state index in [9.17, 15) is 13.2 Å². The van der Waals surface area contributed by atoms with Crippen LogP contribution in [0.1, 0.15) is 30.9 Å². The van der Waals surface area contributed by atoms with Crippen LogP contribution >= 0.6 is 0 Å². The Hall–Kier alpha value is -1.07. The second-order valence-corrected chi connectivity index (χ2v) is 5.30. The van der Waals surface area contributed by atoms with E-state index in [-0.39, 0.29) is 18.6 Å². The zero-order chi connectivity index (χ0) is 15.2. The number of benzene rings is 1. The van der Waals surface area contributed by atoms with Gasteiger partial charge in [0, 0.05) is 18.5 Å². The molecule has 0 saturated carbocycles. The van der Waals surface area contributed by atoms with Crippen molar-refractivity contribution in [3.8, 4) is 0 Å². The van der Waals surface area contributed by atoms with Crippen molar-refractivity contribution in [2.45, 2.75) is 38.9 Å². The normalized spacial score (nSPS) is 13.8. The molecule has 5 heteroatoms. The molecule has 0 saturated heterocycles. The van der Waals surface area contributed by atoms with Gasteiger partial charge in [0.2, 0.25) is 0 Å². The van der Waals surface area contributed by atoms with Gasteiger partial charge in [-0.25, -0.2) is 0 Å². The van der Waals surface area contributed by atoms with Crippen molar-refractivity contribution in [2.75, 3.05) is 19.8 Å². The van der Waals surface area contributed by atoms with Gasteiger partial charge in [0.05, 0.1) is 6.61 Å². The molecule has 0 aliphatic rings. The first-order valence-corrected chi connectivity index (χ1v) is 6.72. The van der Waals surface area contributed by atoms with Crippen LogP contribution in [0.2, 0.25) is 0 Å². The molecule has 114 valence electrons. The molecule has 0 heterocycles. The number of nitrogens with one attached hydrogen (secondary N) is 1. The first kappa shape index (κ1) is 17.0. The van der Waals surface area contributed by atoms with E-state index in [1.807, 2.05) is 45.0 Å². The lowest BCUT2D eigenvalue weighted by Gasteiger charge is -2.20. The summed E-state index contributed by atoms with van der Waals surface area (Å²) >= 11 is 0. The summed E-state index contributed by atoms with van der Waals surface area (Å²) in [6.07, 6.45) is -4.27. The van der Waals surface area contributed by atoms with E-state index >= 15 is 0 Å². The molecule has 0 aliphatic carbocycles. The molecule has 0 spiro atoms. The highest BCUT2D eigenvalue weighted by Gasteiger charge is 2.28. The summed E-state index contributed by atoms with van der Waals surface area (Å²) in [5.74, 6) is -0.0830. The first-order chi connectivity index (χ1) is 9.28. The molecule has 1 aromatic carbocycles. The number of hydrogen-bond acceptors (Lipinski definition) is 2. The highest BCUT2D eigenvalue weighted by atomic mass is 19.4. The van der Waals surface area contributed by atoms with Gasteiger partial charge < -0.3 is 10.1 Å². The minimum atomic E-state index is -4.27. The van der Waals surface area contributed by atoms with E-state index < -0.39 is 12.8 Å². The van der Waals surface area contributed by atoms with Crippen molar-refractivity contribution in [3.63, 3.8) is 0 Å². The van der Waals surface area contributed by atoms with Crippen LogP contribution < -0.4 is 5.32 Å². The molecular formula is C15H22F3NO. The number of alkyl halides is 3. The van der Waals surface area contributed by atoms with Crippen molar-refractivity contribution >= 4 is 0 Å². The van der Waals surface area contributed by atoms with E-state index in [0.717, 1.165) is 11.1 Å². The molecule has 2 nitrogen and oxygen atoms in total. The lowest BCUT2D eigenvalue weighted by molar-refractivity contribution is -0.174. The highest BCUT2D eigenvalue weighted by molar-refractivity contribution is 5.25. The van der Waals surface area contributed by atoms with Crippen molar-refractivity contribution in [1.29, 1.82) is 0 Å². The van der Waals surface area contributed by atoms with Crippen molar-refractivity contribution in [1.82, 2.24) is 5.32 Å². The molecule has 1 aromatic rings. The highest BCUT2D eigenvalue weighted by Crippen LogP contribution is 2.19. The third-order valence-corrected chi connectivity index (χ3v) is 2.91. The fraction of sp³-hybridized carbons (Fsp3) is 0.600. The topological polar surface area (TPSA) is 21.3 Å². The third kappa shape index (κ3) is 6.91. The van der Waals surface area contributed by atoms with Crippen LogP contribution in [-0.2, 0) is 4.74 Å². The number of halogens is 3. The second-order valence-electron chi connectivity index (χ2n) is 5.30. The maximum atomic E-state index is 12.1. The predicted octanol–water partition coefficient (Wildman–Crippen LogP) is 3.66. The van der Waals surface area contributed by atoms with Gasteiger partial charge in [0.1, 0.15) is 6.61 Å². The summed E-state index contributed by atoms with van der Waals surface area (Å²) in [4.78, 5) is 0. The standard InChI is InChI=1S/C15H22F3NO/c1-11(2)19-8-14(9-20-10-15(16,17)18)13-6-4-12(3)5-7-13/h4-7,11,14,19H,8-10H2,1-3H3. The number of rotatable bonds is 7. The quantitative estimate of drug-likeness (QED) is 0.827. The Kier molecular flexibility index (Phi) is 6.49. The van der Waals surface area contributed by atoms with Gasteiger partial charge in [0.25, 0.3) is 0 Å². The van der Waals surface area contributed by atoms with Gasteiger partial charge in [-0.1, -0.05) is 43.7 Å². The van der Waals surface area contributed by atoms with Crippen LogP contribution in [-0.4, -0.2) is 32.0 Å². The van der Waals surface area contributed by atoms with Gasteiger partial charge in [-0.15, -0.1) is 0 Å². The summed E-state index contributed by atoms with van der Waals surface area (Å²) < 4.78 is 41.2. The minimum Gasteiger partial charge on any atom is -0.371 e. The lowest BCUT2D eigenvalue weighted by Crippen LogP contribution is -2.31. The van der Waals surface area contributed by atoms with Crippen molar-refractivity contribution in [3.05, 3.63) is 35.4 Å². The zero-order valence-corrected chi connectivity index (χ0v) is 12.1. The average Bonchev–Trinajstić information content (AvgIpc) is 2.33. The van der Waals surface area contributed by atoms with Crippen LogP contribution in [0.25, 0.3) is 0 Å². The molecule has 0 fully saturated rings. The van der Waals surface area contributed by atoms with Gasteiger partial charge >= 0.3 is 6.18 Å². The Morgan fingerprint density at radius 1 is 1.15 bits per heavy atom. The van der Waals surface area contributed by atoms with Gasteiger partial charge in [-0.3, -0.25) is 0 Å². The molecule has 1 N–H and O–H groups in total. The van der Waals surface area contributed by atoms with Crippen LogP contribution in [0, 0.1) is 6.92 Å². The van der Waals surface area contributed by atoms with Crippen LogP contribution in [0.15, 0.2) is 24.3 Å². The largest absolute Gasteiger partial charge is 0.411 e. The second kappa shape index (κ2) is 7.64. The van der Waals surface area contributed by atoms with E-state index in [2.05, 4.69) is 5.32 Å². The smallest absolute Gasteiger partial charge is 0.371 e. The Morgan fingerprint density at radius 2 is 1.75 bits per heavy atom. The monoisotopic (exact) mass is 289 g/mol. The fourth-order valence-corrected chi connectivity index (χ4v) is 1.81. The fourth-order valence-electron chi connectivity index (χ4n) is 1.81. The van der Waals surface area contributed by atoms with E-state index in [0.29, 0.717) is 6.54 Å². The van der Waals surface area contributed by atoms with E-state index in [1.165, 1.54) is 0 Å². The Balaban J connectivity index is 2.62. The number of hydrogen-bond donors (Lipinski definition) is 1. The van der Waals surface area contributed by atoms with Gasteiger partial charge in [-0.05, 0) is 12.5 Å². The molecule has 1 atom stereocenters. The summed E-state index contributed by atoms with van der Waals surface area (Å²) in [5, 5.41) is 3.25. The zero-order valence-electron chi connectivity index (χ0n) is 12.1. The Bertz CT molecular complexity index is 387. The minimum absolute atomic E-state index is 0.0578. The lowest BCUT2D eigenvalue weighted by atomic mass is 9.98. The third-order valence-electron chi connectivity index (χ3n) is 2.91. The van der Waals surface area contributed by atoms with Gasteiger partial charge in [0.15, 0.2) is 0 Å². The van der Waals surface area contributed by atoms with Crippen LogP contribution in [0.4, 0.5) is 13.2 Å². The number of ether oxygens (including phenoxy) is 1. The summed E-state index contributed by atoms with van der Waals surface area (Å²) in [6.45, 7) is 5.44. The molecular weight excluding hydrogens is 267 g/mol. The van der Waals surface area contributed by atoms with Gasteiger partial charge in [-0.2, -0.15) is 13.2 Å². The average molecular weight is 289 g/mol. The van der Waals surface area contributed by atoms with E-state index in [4.69, 9.17) is 4.74 Å². The summed E-state index contributed by atoms with van der Waals surface area (Å²) in [6, 6.07) is 8.09. The summed E-state index contributed by atoms with van der Waals surface area (Å²) in [5.41, 5.74) is 2.12. The Morgan fingerprint density at radius 3 is 2.25 bits per heavy atom. The maximum absolute atomic E-state index is 12.1. The molecule has 0 aromatic heterocycles. The van der Waals surface area contributed by atoms with Crippen LogP contribution in [0.5, 0.6) is 0 Å². The Labute approximate surface area is 118 Å². The molecule has 1 rings (SSSR count). The number of aryl methyl sites for hydroxylation is 1. The summed E-state index contributed by atoms with van der Waals surface area (Å²) in [7, 11) is 0. The maximum Gasteiger partial charge on any atom is 0.411 e. The van der Waals surface area contributed by atoms with Crippen molar-refractivity contribution < 1.29 is 17.9 Å². The molecule has 0 amide bonds. The molecule has 1 unspecified atom stereocenters. The molecule has 0 aliphatic heterocycles.